The number of ether oxygens (including phenoxy) is 1. The summed E-state index contributed by atoms with van der Waals surface area (Å²) >= 11 is -4.02. The Labute approximate surface area is 161 Å². The van der Waals surface area contributed by atoms with E-state index in [1.807, 2.05) is 0 Å². The Hall–Kier alpha value is -1.23. The quantitative estimate of drug-likeness (QED) is 0.265. The standard InChI is InChI=1S/C17H22F4O6S/c18-16(19,17(20,21)28(25)26)2-1-3-27-13(24)15-7-10-4-11(8-15)6-14(5-10,9-15)12(22)23/h10-11H,1-9H2,(H,22,23)(H,25,26). The lowest BCUT2D eigenvalue weighted by atomic mass is 9.44. The maximum atomic E-state index is 13.4. The molecule has 2 N–H and O–H groups in total. The third-order valence-corrected chi connectivity index (χ3v) is 7.20. The minimum Gasteiger partial charge on any atom is -0.481 e. The number of esters is 1. The van der Waals surface area contributed by atoms with E-state index in [4.69, 9.17) is 9.29 Å². The summed E-state index contributed by atoms with van der Waals surface area (Å²) in [6.45, 7) is -0.542. The van der Waals surface area contributed by atoms with Gasteiger partial charge in [0.2, 0.25) is 11.1 Å². The molecule has 160 valence electrons. The molecule has 4 aliphatic rings. The van der Waals surface area contributed by atoms with Gasteiger partial charge < -0.3 is 14.4 Å². The van der Waals surface area contributed by atoms with Crippen molar-refractivity contribution in [3.63, 3.8) is 0 Å². The van der Waals surface area contributed by atoms with E-state index in [2.05, 4.69) is 0 Å². The lowest BCUT2D eigenvalue weighted by Gasteiger charge is -2.59. The third kappa shape index (κ3) is 3.44. The average Bonchev–Trinajstić information content (AvgIpc) is 2.56. The van der Waals surface area contributed by atoms with Crippen LogP contribution in [0.3, 0.4) is 0 Å². The Bertz CT molecular complexity index is 683. The van der Waals surface area contributed by atoms with Gasteiger partial charge in [0, 0.05) is 6.42 Å². The molecule has 3 atom stereocenters. The number of halogens is 4. The van der Waals surface area contributed by atoms with Crippen molar-refractivity contribution in [3.05, 3.63) is 0 Å². The molecule has 3 unspecified atom stereocenters. The highest BCUT2D eigenvalue weighted by atomic mass is 32.2. The molecule has 0 aromatic heterocycles. The molecule has 4 fully saturated rings. The Morgan fingerprint density at radius 1 is 1.07 bits per heavy atom. The smallest absolute Gasteiger partial charge is 0.406 e. The molecule has 28 heavy (non-hydrogen) atoms. The highest BCUT2D eigenvalue weighted by molar-refractivity contribution is 7.80. The molecule has 0 aliphatic heterocycles. The first-order valence-corrected chi connectivity index (χ1v) is 10.2. The van der Waals surface area contributed by atoms with Crippen molar-refractivity contribution >= 4 is 23.0 Å². The van der Waals surface area contributed by atoms with Crippen LogP contribution in [0, 0.1) is 22.7 Å². The highest BCUT2D eigenvalue weighted by Crippen LogP contribution is 2.65. The fourth-order valence-electron chi connectivity index (χ4n) is 5.64. The first-order valence-electron chi connectivity index (χ1n) is 9.11. The van der Waals surface area contributed by atoms with Crippen LogP contribution in [0.2, 0.25) is 0 Å². The third-order valence-electron chi connectivity index (χ3n) is 6.46. The molecule has 11 heteroatoms. The van der Waals surface area contributed by atoms with Crippen molar-refractivity contribution in [1.29, 1.82) is 0 Å². The van der Waals surface area contributed by atoms with Crippen LogP contribution >= 0.6 is 0 Å². The molecule has 0 aromatic rings. The van der Waals surface area contributed by atoms with Gasteiger partial charge in [0.1, 0.15) is 0 Å². The van der Waals surface area contributed by atoms with Gasteiger partial charge in [0.15, 0.2) is 0 Å². The number of alkyl halides is 4. The first-order chi connectivity index (χ1) is 12.8. The molecular weight excluding hydrogens is 408 g/mol. The van der Waals surface area contributed by atoms with Gasteiger partial charge in [-0.05, 0) is 56.8 Å². The van der Waals surface area contributed by atoms with E-state index in [0.717, 1.165) is 6.42 Å². The van der Waals surface area contributed by atoms with Crippen LogP contribution in [-0.4, -0.2) is 43.6 Å². The number of aliphatic carboxylic acids is 1. The van der Waals surface area contributed by atoms with Crippen LogP contribution in [0.15, 0.2) is 0 Å². The molecule has 4 rings (SSSR count). The summed E-state index contributed by atoms with van der Waals surface area (Å²) in [7, 11) is 0. The van der Waals surface area contributed by atoms with E-state index in [9.17, 15) is 36.5 Å². The summed E-state index contributed by atoms with van der Waals surface area (Å²) in [4.78, 5) is 24.4. The molecule has 0 saturated heterocycles. The van der Waals surface area contributed by atoms with Crippen molar-refractivity contribution in [2.24, 2.45) is 22.7 Å². The largest absolute Gasteiger partial charge is 0.481 e. The van der Waals surface area contributed by atoms with E-state index >= 15 is 0 Å². The molecule has 0 radical (unpaired) electrons. The molecule has 0 aromatic carbocycles. The van der Waals surface area contributed by atoms with Crippen LogP contribution in [0.5, 0.6) is 0 Å². The van der Waals surface area contributed by atoms with Crippen LogP contribution < -0.4 is 0 Å². The second-order valence-electron chi connectivity index (χ2n) is 8.54. The average molecular weight is 430 g/mol. The van der Waals surface area contributed by atoms with Gasteiger partial charge >= 0.3 is 23.1 Å². The van der Waals surface area contributed by atoms with Gasteiger partial charge in [0.25, 0.3) is 0 Å². The number of carbonyl (C=O) groups excluding carboxylic acids is 1. The zero-order valence-electron chi connectivity index (χ0n) is 15.0. The lowest BCUT2D eigenvalue weighted by molar-refractivity contribution is -0.192. The Morgan fingerprint density at radius 2 is 1.61 bits per heavy atom. The fourth-order valence-corrected chi connectivity index (χ4v) is 5.99. The molecule has 6 nitrogen and oxygen atoms in total. The molecular formula is C17H22F4O6S. The van der Waals surface area contributed by atoms with Crippen molar-refractivity contribution in [1.82, 2.24) is 0 Å². The van der Waals surface area contributed by atoms with Crippen molar-refractivity contribution < 1.29 is 45.8 Å². The van der Waals surface area contributed by atoms with E-state index < -0.39 is 64.5 Å². The minimum absolute atomic E-state index is 0.104. The lowest BCUT2D eigenvalue weighted by Crippen LogP contribution is -2.57. The molecule has 0 spiro atoms. The van der Waals surface area contributed by atoms with Crippen LogP contribution in [0.25, 0.3) is 0 Å². The number of hydrogen-bond acceptors (Lipinski definition) is 4. The topological polar surface area (TPSA) is 101 Å². The molecule has 0 heterocycles. The highest BCUT2D eigenvalue weighted by Gasteiger charge is 2.64. The number of carboxylic acids is 1. The zero-order chi connectivity index (χ0) is 21.0. The monoisotopic (exact) mass is 430 g/mol. The maximum Gasteiger partial charge on any atom is 0.406 e. The van der Waals surface area contributed by atoms with Gasteiger partial charge in [-0.15, -0.1) is 0 Å². The SMILES string of the molecule is O=C(O)C12CC3CC(C1)CC(C(=O)OCCCC(F)(F)C(F)(F)S(=O)O)(C3)C2. The Morgan fingerprint density at radius 3 is 2.11 bits per heavy atom. The zero-order valence-corrected chi connectivity index (χ0v) is 15.8. The number of hydrogen-bond donors (Lipinski definition) is 2. The number of rotatable bonds is 8. The molecule has 4 saturated carbocycles. The number of carboxylic acid groups (broad SMARTS) is 1. The van der Waals surface area contributed by atoms with Crippen molar-refractivity contribution in [3.8, 4) is 0 Å². The van der Waals surface area contributed by atoms with Crippen molar-refractivity contribution in [2.75, 3.05) is 6.61 Å². The predicted molar refractivity (Wildman–Crippen MR) is 88.0 cm³/mol. The molecule has 4 aliphatic carbocycles. The van der Waals surface area contributed by atoms with Crippen LogP contribution in [-0.2, 0) is 25.4 Å². The summed E-state index contributed by atoms with van der Waals surface area (Å²) in [6.07, 6.45) is 1.02. The second-order valence-corrected chi connectivity index (χ2v) is 9.55. The van der Waals surface area contributed by atoms with Crippen LogP contribution in [0.4, 0.5) is 17.6 Å². The van der Waals surface area contributed by atoms with Gasteiger partial charge in [0.05, 0.1) is 17.4 Å². The Balaban J connectivity index is 1.59. The van der Waals surface area contributed by atoms with Gasteiger partial charge in [-0.2, -0.15) is 17.6 Å². The summed E-state index contributed by atoms with van der Waals surface area (Å²) in [5, 5.41) is 4.56. The summed E-state index contributed by atoms with van der Waals surface area (Å²) in [5.74, 6) is -6.10. The predicted octanol–water partition coefficient (Wildman–Crippen LogP) is 3.43. The fraction of sp³-hybridized carbons (Fsp3) is 0.882. The molecule has 4 bridgehead atoms. The summed E-state index contributed by atoms with van der Waals surface area (Å²) in [5.41, 5.74) is -1.91. The number of carbonyl (C=O) groups is 2. The first kappa shape index (κ1) is 21.5. The second kappa shape index (κ2) is 6.93. The summed E-state index contributed by atoms with van der Waals surface area (Å²) < 4.78 is 76.8. The van der Waals surface area contributed by atoms with Crippen molar-refractivity contribution in [2.45, 2.75) is 62.5 Å². The van der Waals surface area contributed by atoms with E-state index in [1.165, 1.54) is 0 Å². The van der Waals surface area contributed by atoms with Gasteiger partial charge in [-0.3, -0.25) is 9.59 Å². The van der Waals surface area contributed by atoms with Gasteiger partial charge in [-0.1, -0.05) is 0 Å². The van der Waals surface area contributed by atoms with Crippen LogP contribution in [0.1, 0.15) is 51.4 Å². The maximum absolute atomic E-state index is 13.4. The van der Waals surface area contributed by atoms with E-state index in [-0.39, 0.29) is 18.3 Å². The van der Waals surface area contributed by atoms with E-state index in [1.54, 1.807) is 0 Å². The van der Waals surface area contributed by atoms with Gasteiger partial charge in [-0.25, -0.2) is 4.21 Å². The van der Waals surface area contributed by atoms with E-state index in [0.29, 0.717) is 25.7 Å². The Kier molecular flexibility index (Phi) is 5.31. The molecule has 0 amide bonds. The summed E-state index contributed by atoms with van der Waals surface area (Å²) in [6, 6.07) is 0. The minimum atomic E-state index is -5.09. The normalized spacial score (nSPS) is 35.6.